The molecule has 2 N–H and O–H groups in total. The Balaban J connectivity index is 2.00. The number of hydrogen-bond acceptors (Lipinski definition) is 3. The van der Waals surface area contributed by atoms with Crippen molar-refractivity contribution in [2.24, 2.45) is 5.92 Å². The van der Waals surface area contributed by atoms with Crippen molar-refractivity contribution in [2.75, 3.05) is 10.6 Å². The fourth-order valence-electron chi connectivity index (χ4n) is 2.10. The molecule has 0 radical (unpaired) electrons. The minimum atomic E-state index is -0.124. The zero-order valence-electron chi connectivity index (χ0n) is 8.66. The molecule has 16 heavy (non-hydrogen) atoms. The van der Waals surface area contributed by atoms with Gasteiger partial charge in [-0.1, -0.05) is 6.07 Å². The van der Waals surface area contributed by atoms with Crippen LogP contribution in [-0.2, 0) is 4.79 Å². The van der Waals surface area contributed by atoms with Gasteiger partial charge in [-0.05, 0) is 30.9 Å². The highest BCUT2D eigenvalue weighted by Gasteiger charge is 2.39. The van der Waals surface area contributed by atoms with Crippen LogP contribution in [-0.4, -0.2) is 11.9 Å². The maximum Gasteiger partial charge on any atom is 0.247 e. The molecule has 0 bridgehead atoms. The Morgan fingerprint density at radius 1 is 1.38 bits per heavy atom. The molecule has 0 spiro atoms. The fourth-order valence-corrected chi connectivity index (χ4v) is 2.10. The summed E-state index contributed by atoms with van der Waals surface area (Å²) in [4.78, 5) is 11.8. The second-order valence-electron chi connectivity index (χ2n) is 4.29. The summed E-state index contributed by atoms with van der Waals surface area (Å²) in [5.41, 5.74) is 1.98. The van der Waals surface area contributed by atoms with Crippen molar-refractivity contribution >= 4 is 17.3 Å². The molecule has 1 aromatic carbocycles. The number of amides is 1. The molecular formula is C12H11N3O. The zero-order valence-corrected chi connectivity index (χ0v) is 8.66. The number of benzene rings is 1. The van der Waals surface area contributed by atoms with Crippen LogP contribution in [0, 0.1) is 17.2 Å². The average Bonchev–Trinajstić information content (AvgIpc) is 3.11. The molecule has 3 rings (SSSR count). The van der Waals surface area contributed by atoms with Crippen molar-refractivity contribution in [3.8, 4) is 6.07 Å². The minimum absolute atomic E-state index is 0.0160. The van der Waals surface area contributed by atoms with Crippen LogP contribution in [0.5, 0.6) is 0 Å². The lowest BCUT2D eigenvalue weighted by Gasteiger charge is -2.27. The number of carbonyl (C=O) groups is 1. The molecule has 1 fully saturated rings. The predicted molar refractivity (Wildman–Crippen MR) is 59.9 cm³/mol. The second kappa shape index (κ2) is 3.24. The lowest BCUT2D eigenvalue weighted by atomic mass is 10.0. The lowest BCUT2D eigenvalue weighted by Crippen LogP contribution is -2.40. The van der Waals surface area contributed by atoms with Gasteiger partial charge in [0.25, 0.3) is 0 Å². The molecule has 1 aliphatic carbocycles. The van der Waals surface area contributed by atoms with Crippen molar-refractivity contribution in [1.82, 2.24) is 0 Å². The first kappa shape index (κ1) is 9.22. The molecule has 0 aromatic heterocycles. The smallest absolute Gasteiger partial charge is 0.247 e. The predicted octanol–water partition coefficient (Wildman–Crippen LogP) is 1.70. The lowest BCUT2D eigenvalue weighted by molar-refractivity contribution is -0.117. The quantitative estimate of drug-likeness (QED) is 0.746. The molecule has 1 unspecified atom stereocenters. The van der Waals surface area contributed by atoms with E-state index in [2.05, 4.69) is 16.7 Å². The number of rotatable bonds is 1. The van der Waals surface area contributed by atoms with Crippen molar-refractivity contribution in [2.45, 2.75) is 18.9 Å². The summed E-state index contributed by atoms with van der Waals surface area (Å²) in [5, 5.41) is 15.0. The number of nitrogens with one attached hydrogen (secondary N) is 2. The molecule has 1 aromatic rings. The molecule has 1 amide bonds. The monoisotopic (exact) mass is 213 g/mol. The first-order chi connectivity index (χ1) is 7.79. The molecular weight excluding hydrogens is 202 g/mol. The number of carbonyl (C=O) groups excluding carboxylic acids is 1. The zero-order chi connectivity index (χ0) is 11.1. The average molecular weight is 213 g/mol. The number of para-hydroxylation sites is 1. The highest BCUT2D eigenvalue weighted by Crippen LogP contribution is 2.39. The van der Waals surface area contributed by atoms with Gasteiger partial charge < -0.3 is 10.6 Å². The van der Waals surface area contributed by atoms with Crippen LogP contribution in [0.3, 0.4) is 0 Å². The molecule has 2 aliphatic rings. The first-order valence-electron chi connectivity index (χ1n) is 5.40. The number of nitrogens with zero attached hydrogens (tertiary/aromatic N) is 1. The summed E-state index contributed by atoms with van der Waals surface area (Å²) in [6, 6.07) is 7.38. The Kier molecular flexibility index (Phi) is 1.87. The number of nitriles is 1. The van der Waals surface area contributed by atoms with E-state index < -0.39 is 0 Å². The van der Waals surface area contributed by atoms with Gasteiger partial charge in [-0.15, -0.1) is 0 Å². The summed E-state index contributed by atoms with van der Waals surface area (Å²) in [6.45, 7) is 0. The third kappa shape index (κ3) is 1.33. The standard InChI is InChI=1S/C12H11N3O/c13-6-8-2-1-3-9-10(8)15-12(16)11(14-9)7-4-5-7/h1-3,7,11,14H,4-5H2,(H,15,16). The Morgan fingerprint density at radius 3 is 2.88 bits per heavy atom. The van der Waals surface area contributed by atoms with Gasteiger partial charge in [0.15, 0.2) is 0 Å². The third-order valence-electron chi connectivity index (χ3n) is 3.12. The van der Waals surface area contributed by atoms with E-state index in [0.717, 1.165) is 18.5 Å². The summed E-state index contributed by atoms with van der Waals surface area (Å²) >= 11 is 0. The maximum absolute atomic E-state index is 11.8. The van der Waals surface area contributed by atoms with E-state index in [9.17, 15) is 4.79 Å². The van der Waals surface area contributed by atoms with E-state index in [0.29, 0.717) is 17.2 Å². The number of fused-ring (bicyclic) bond motifs is 1. The van der Waals surface area contributed by atoms with Crippen molar-refractivity contribution in [3.63, 3.8) is 0 Å². The van der Waals surface area contributed by atoms with Gasteiger partial charge in [-0.2, -0.15) is 5.26 Å². The van der Waals surface area contributed by atoms with Crippen LogP contribution in [0.4, 0.5) is 11.4 Å². The molecule has 80 valence electrons. The van der Waals surface area contributed by atoms with Crippen molar-refractivity contribution in [3.05, 3.63) is 23.8 Å². The highest BCUT2D eigenvalue weighted by atomic mass is 16.2. The summed E-state index contributed by atoms with van der Waals surface area (Å²) in [5.74, 6) is 0.441. The van der Waals surface area contributed by atoms with Gasteiger partial charge in [0.05, 0.1) is 16.9 Å². The maximum atomic E-state index is 11.8. The van der Waals surface area contributed by atoms with E-state index in [-0.39, 0.29) is 11.9 Å². The Hall–Kier alpha value is -2.02. The topological polar surface area (TPSA) is 64.9 Å². The molecule has 0 saturated heterocycles. The third-order valence-corrected chi connectivity index (χ3v) is 3.12. The van der Waals surface area contributed by atoms with Gasteiger partial charge in [0, 0.05) is 0 Å². The first-order valence-corrected chi connectivity index (χ1v) is 5.40. The van der Waals surface area contributed by atoms with Gasteiger partial charge in [0.2, 0.25) is 5.91 Å². The minimum Gasteiger partial charge on any atom is -0.372 e. The van der Waals surface area contributed by atoms with Gasteiger partial charge in [-0.25, -0.2) is 0 Å². The van der Waals surface area contributed by atoms with E-state index in [1.807, 2.05) is 12.1 Å². The van der Waals surface area contributed by atoms with Gasteiger partial charge in [-0.3, -0.25) is 4.79 Å². The van der Waals surface area contributed by atoms with Crippen LogP contribution in [0.25, 0.3) is 0 Å². The second-order valence-corrected chi connectivity index (χ2v) is 4.29. The molecule has 4 nitrogen and oxygen atoms in total. The van der Waals surface area contributed by atoms with Crippen LogP contribution in [0.1, 0.15) is 18.4 Å². The van der Waals surface area contributed by atoms with E-state index in [4.69, 9.17) is 5.26 Å². The van der Waals surface area contributed by atoms with Crippen molar-refractivity contribution < 1.29 is 4.79 Å². The molecule has 4 heteroatoms. The Labute approximate surface area is 93.3 Å². The number of hydrogen-bond donors (Lipinski definition) is 2. The highest BCUT2D eigenvalue weighted by molar-refractivity contribution is 6.04. The summed E-state index contributed by atoms with van der Waals surface area (Å²) in [6.07, 6.45) is 2.22. The van der Waals surface area contributed by atoms with Gasteiger partial charge >= 0.3 is 0 Å². The van der Waals surface area contributed by atoms with Crippen LogP contribution in [0.2, 0.25) is 0 Å². The van der Waals surface area contributed by atoms with Crippen LogP contribution >= 0.6 is 0 Å². The van der Waals surface area contributed by atoms with Crippen molar-refractivity contribution in [1.29, 1.82) is 5.26 Å². The largest absolute Gasteiger partial charge is 0.372 e. The van der Waals surface area contributed by atoms with Crippen LogP contribution in [0.15, 0.2) is 18.2 Å². The molecule has 1 heterocycles. The van der Waals surface area contributed by atoms with Crippen LogP contribution < -0.4 is 10.6 Å². The Bertz CT molecular complexity index is 499. The Morgan fingerprint density at radius 2 is 2.19 bits per heavy atom. The summed E-state index contributed by atoms with van der Waals surface area (Å²) < 4.78 is 0. The molecule has 1 saturated carbocycles. The summed E-state index contributed by atoms with van der Waals surface area (Å²) in [7, 11) is 0. The molecule has 1 aliphatic heterocycles. The van der Waals surface area contributed by atoms with E-state index >= 15 is 0 Å². The number of anilines is 2. The molecule has 1 atom stereocenters. The SMILES string of the molecule is N#Cc1cccc2c1NC(=O)C(C1CC1)N2. The normalized spacial score (nSPS) is 22.7. The fraction of sp³-hybridized carbons (Fsp3) is 0.333. The van der Waals surface area contributed by atoms with E-state index in [1.54, 1.807) is 6.07 Å². The van der Waals surface area contributed by atoms with E-state index in [1.165, 1.54) is 0 Å². The van der Waals surface area contributed by atoms with Gasteiger partial charge in [0.1, 0.15) is 12.1 Å².